The lowest BCUT2D eigenvalue weighted by atomic mass is 9.88. The number of hydrogen-bond donors (Lipinski definition) is 0. The zero-order valence-corrected chi connectivity index (χ0v) is 19.7. The van der Waals surface area contributed by atoms with Crippen LogP contribution >= 0.6 is 0 Å². The minimum atomic E-state index is -0.652. The SMILES string of the molecule is CC1=CC(C)(C)N(C)c2cc3oc(=O)c(C(=O)c4cnc(N5CCCC5)nc4C)cc3cc21. The van der Waals surface area contributed by atoms with Crippen LogP contribution in [-0.2, 0) is 0 Å². The Bertz CT molecular complexity index is 1380. The molecule has 2 aliphatic rings. The molecule has 1 saturated heterocycles. The van der Waals surface area contributed by atoms with Gasteiger partial charge in [-0.2, -0.15) is 0 Å². The molecule has 7 heteroatoms. The Balaban J connectivity index is 1.57. The quantitative estimate of drug-likeness (QED) is 0.439. The molecule has 0 bridgehead atoms. The lowest BCUT2D eigenvalue weighted by molar-refractivity contribution is 0.103. The van der Waals surface area contributed by atoms with Crippen LogP contribution in [0.4, 0.5) is 11.6 Å². The fraction of sp³-hybridized carbons (Fsp3) is 0.385. The Morgan fingerprint density at radius 1 is 1.09 bits per heavy atom. The molecule has 0 unspecified atom stereocenters. The first kappa shape index (κ1) is 21.4. The van der Waals surface area contributed by atoms with E-state index in [0.29, 0.717) is 28.2 Å². The van der Waals surface area contributed by atoms with E-state index in [0.717, 1.165) is 42.8 Å². The molecule has 4 heterocycles. The summed E-state index contributed by atoms with van der Waals surface area (Å²) in [7, 11) is 2.03. The molecule has 5 rings (SSSR count). The number of carbonyl (C=O) groups excluding carboxylic acids is 1. The smallest absolute Gasteiger partial charge is 0.347 e. The van der Waals surface area contributed by atoms with Gasteiger partial charge in [-0.1, -0.05) is 6.08 Å². The monoisotopic (exact) mass is 444 g/mol. The second-order valence-electron chi connectivity index (χ2n) is 9.59. The number of rotatable bonds is 3. The Morgan fingerprint density at radius 2 is 1.82 bits per heavy atom. The van der Waals surface area contributed by atoms with Crippen molar-refractivity contribution in [3.63, 3.8) is 0 Å². The van der Waals surface area contributed by atoms with E-state index in [2.05, 4.69) is 46.6 Å². The first-order valence-corrected chi connectivity index (χ1v) is 11.3. The number of hydrogen-bond acceptors (Lipinski definition) is 7. The first-order valence-electron chi connectivity index (χ1n) is 11.3. The third-order valence-electron chi connectivity index (χ3n) is 6.92. The van der Waals surface area contributed by atoms with Crippen molar-refractivity contribution in [1.82, 2.24) is 9.97 Å². The molecule has 0 saturated carbocycles. The number of ketones is 1. The third kappa shape index (κ3) is 3.52. The zero-order valence-electron chi connectivity index (χ0n) is 19.7. The molecule has 170 valence electrons. The standard InChI is InChI=1S/C26H28N4O3/c1-15-13-26(3,4)29(5)21-12-22-17(10-18(15)21)11-19(24(32)33-22)23(31)20-14-27-25(28-16(20)2)30-8-6-7-9-30/h10-14H,6-9H2,1-5H3. The van der Waals surface area contributed by atoms with Gasteiger partial charge in [0.1, 0.15) is 11.1 Å². The van der Waals surface area contributed by atoms with Crippen LogP contribution in [0.3, 0.4) is 0 Å². The summed E-state index contributed by atoms with van der Waals surface area (Å²) >= 11 is 0. The number of benzene rings is 1. The molecule has 0 atom stereocenters. The molecule has 2 aromatic heterocycles. The number of anilines is 2. The summed E-state index contributed by atoms with van der Waals surface area (Å²) in [5.41, 5.74) is 3.74. The van der Waals surface area contributed by atoms with Crippen molar-refractivity contribution < 1.29 is 9.21 Å². The largest absolute Gasteiger partial charge is 0.422 e. The number of aromatic nitrogens is 2. The Kier molecular flexibility index (Phi) is 4.88. The molecule has 33 heavy (non-hydrogen) atoms. The molecular formula is C26H28N4O3. The summed E-state index contributed by atoms with van der Waals surface area (Å²) < 4.78 is 5.63. The van der Waals surface area contributed by atoms with Gasteiger partial charge in [0, 0.05) is 49.0 Å². The van der Waals surface area contributed by atoms with Gasteiger partial charge in [-0.3, -0.25) is 4.79 Å². The van der Waals surface area contributed by atoms with E-state index in [1.54, 1.807) is 13.0 Å². The van der Waals surface area contributed by atoms with Crippen LogP contribution in [0.2, 0.25) is 0 Å². The number of likely N-dealkylation sites (N-methyl/N-ethyl adjacent to an activating group) is 1. The lowest BCUT2D eigenvalue weighted by Gasteiger charge is -2.40. The minimum Gasteiger partial charge on any atom is -0.422 e. The van der Waals surface area contributed by atoms with E-state index in [1.807, 2.05) is 19.2 Å². The van der Waals surface area contributed by atoms with E-state index >= 15 is 0 Å². The molecule has 0 N–H and O–H groups in total. The molecule has 3 aromatic rings. The normalized spacial score (nSPS) is 17.3. The average Bonchev–Trinajstić information content (AvgIpc) is 3.30. The Morgan fingerprint density at radius 3 is 2.52 bits per heavy atom. The van der Waals surface area contributed by atoms with Gasteiger partial charge in [-0.05, 0) is 58.2 Å². The van der Waals surface area contributed by atoms with Gasteiger partial charge in [-0.25, -0.2) is 14.8 Å². The summed E-state index contributed by atoms with van der Waals surface area (Å²) in [4.78, 5) is 39.3. The molecule has 7 nitrogen and oxygen atoms in total. The summed E-state index contributed by atoms with van der Waals surface area (Å²) in [5, 5.41) is 0.713. The van der Waals surface area contributed by atoms with Crippen molar-refractivity contribution in [3.05, 3.63) is 63.3 Å². The van der Waals surface area contributed by atoms with Crippen molar-refractivity contribution in [2.45, 2.75) is 46.1 Å². The van der Waals surface area contributed by atoms with Gasteiger partial charge < -0.3 is 14.2 Å². The zero-order chi connectivity index (χ0) is 23.5. The molecule has 0 radical (unpaired) electrons. The number of aryl methyl sites for hydroxylation is 1. The van der Waals surface area contributed by atoms with E-state index in [1.165, 1.54) is 6.20 Å². The van der Waals surface area contributed by atoms with Gasteiger partial charge in [0.2, 0.25) is 11.7 Å². The number of nitrogens with zero attached hydrogens (tertiary/aromatic N) is 4. The highest BCUT2D eigenvalue weighted by Gasteiger charge is 2.29. The minimum absolute atomic E-state index is 0.00537. The predicted molar refractivity (Wildman–Crippen MR) is 130 cm³/mol. The number of allylic oxidation sites excluding steroid dienone is 1. The third-order valence-corrected chi connectivity index (χ3v) is 6.92. The van der Waals surface area contributed by atoms with Crippen molar-refractivity contribution in [1.29, 1.82) is 0 Å². The van der Waals surface area contributed by atoms with Crippen LogP contribution < -0.4 is 15.4 Å². The molecule has 0 aliphatic carbocycles. The highest BCUT2D eigenvalue weighted by atomic mass is 16.4. The van der Waals surface area contributed by atoms with Crippen molar-refractivity contribution in [3.8, 4) is 0 Å². The number of carbonyl (C=O) groups is 1. The topological polar surface area (TPSA) is 79.5 Å². The van der Waals surface area contributed by atoms with E-state index in [9.17, 15) is 9.59 Å². The van der Waals surface area contributed by atoms with E-state index < -0.39 is 11.4 Å². The van der Waals surface area contributed by atoms with Gasteiger partial charge in [0.25, 0.3) is 0 Å². The van der Waals surface area contributed by atoms with E-state index in [4.69, 9.17) is 4.42 Å². The van der Waals surface area contributed by atoms with Crippen LogP contribution in [0.25, 0.3) is 16.5 Å². The summed E-state index contributed by atoms with van der Waals surface area (Å²) in [6, 6.07) is 5.50. The van der Waals surface area contributed by atoms with Gasteiger partial charge in [0.15, 0.2) is 0 Å². The predicted octanol–water partition coefficient (Wildman–Crippen LogP) is 4.35. The molecule has 1 fully saturated rings. The average molecular weight is 445 g/mol. The van der Waals surface area contributed by atoms with Crippen molar-refractivity contribution in [2.24, 2.45) is 0 Å². The summed E-state index contributed by atoms with van der Waals surface area (Å²) in [6.07, 6.45) is 5.98. The summed E-state index contributed by atoms with van der Waals surface area (Å²) in [5.74, 6) is 0.215. The Hall–Kier alpha value is -3.48. The van der Waals surface area contributed by atoms with Crippen LogP contribution in [0.15, 0.2) is 39.7 Å². The molecule has 0 spiro atoms. The van der Waals surface area contributed by atoms with Gasteiger partial charge >= 0.3 is 5.63 Å². The number of fused-ring (bicyclic) bond motifs is 2. The maximum atomic E-state index is 13.3. The lowest BCUT2D eigenvalue weighted by Crippen LogP contribution is -2.42. The fourth-order valence-corrected chi connectivity index (χ4v) is 4.82. The van der Waals surface area contributed by atoms with Crippen LogP contribution in [-0.4, -0.2) is 41.4 Å². The Labute approximate surface area is 192 Å². The first-order chi connectivity index (χ1) is 15.7. The van der Waals surface area contributed by atoms with Gasteiger partial charge in [0.05, 0.1) is 16.8 Å². The van der Waals surface area contributed by atoms with Crippen LogP contribution in [0, 0.1) is 6.92 Å². The van der Waals surface area contributed by atoms with Crippen LogP contribution in [0.5, 0.6) is 0 Å². The maximum Gasteiger partial charge on any atom is 0.347 e. The summed E-state index contributed by atoms with van der Waals surface area (Å²) in [6.45, 7) is 9.98. The van der Waals surface area contributed by atoms with Gasteiger partial charge in [-0.15, -0.1) is 0 Å². The molecular weight excluding hydrogens is 416 g/mol. The second kappa shape index (κ2) is 7.54. The highest BCUT2D eigenvalue weighted by molar-refractivity contribution is 6.10. The highest BCUT2D eigenvalue weighted by Crippen LogP contribution is 2.40. The van der Waals surface area contributed by atoms with Crippen molar-refractivity contribution >= 4 is 34.0 Å². The van der Waals surface area contributed by atoms with Crippen molar-refractivity contribution in [2.75, 3.05) is 29.9 Å². The molecule has 2 aliphatic heterocycles. The molecule has 1 aromatic carbocycles. The van der Waals surface area contributed by atoms with E-state index in [-0.39, 0.29) is 11.1 Å². The maximum absolute atomic E-state index is 13.3. The fourth-order valence-electron chi connectivity index (χ4n) is 4.82. The second-order valence-corrected chi connectivity index (χ2v) is 9.59. The molecule has 0 amide bonds. The van der Waals surface area contributed by atoms with Crippen LogP contribution in [0.1, 0.15) is 60.8 Å².